The Bertz CT molecular complexity index is 1140. The molecule has 0 bridgehead atoms. The van der Waals surface area contributed by atoms with Crippen LogP contribution in [0.2, 0.25) is 0 Å². The topological polar surface area (TPSA) is 35.5 Å². The number of rotatable bonds is 6. The van der Waals surface area contributed by atoms with Gasteiger partial charge in [0.05, 0.1) is 5.41 Å². The number of aryl methyl sites for hydroxylation is 1. The van der Waals surface area contributed by atoms with Crippen LogP contribution >= 0.6 is 0 Å². The molecule has 1 fully saturated rings. The van der Waals surface area contributed by atoms with Crippen LogP contribution in [0.25, 0.3) is 11.1 Å². The predicted molar refractivity (Wildman–Crippen MR) is 123 cm³/mol. The number of ether oxygens (including phenoxy) is 2. The Hall–Kier alpha value is -3.07. The maximum Gasteiger partial charge on any atom is 0.231 e. The molecule has 0 atom stereocenters. The molecule has 0 unspecified atom stereocenters. The highest BCUT2D eigenvalue weighted by atomic mass is 16.7. The van der Waals surface area contributed by atoms with E-state index in [1.165, 1.54) is 11.1 Å². The van der Waals surface area contributed by atoms with Gasteiger partial charge >= 0.3 is 0 Å². The highest BCUT2D eigenvalue weighted by Gasteiger charge is 2.50. The van der Waals surface area contributed by atoms with Gasteiger partial charge in [-0.1, -0.05) is 62.4 Å². The standard InChI is InChI=1S/C28H28O3/c1-18(2)20-6-8-21(9-7-20)22-5-4-19(3)23(14-22)15-27(29)28(12-13-28)24-10-11-25-26(16-24)31-17-30-25/h4-11,14,16,18H,12-13,15,17H2,1-3H3. The summed E-state index contributed by atoms with van der Waals surface area (Å²) in [6, 6.07) is 21.2. The Morgan fingerprint density at radius 3 is 2.32 bits per heavy atom. The zero-order chi connectivity index (χ0) is 21.6. The van der Waals surface area contributed by atoms with E-state index < -0.39 is 0 Å². The van der Waals surface area contributed by atoms with Gasteiger partial charge in [0.25, 0.3) is 0 Å². The van der Waals surface area contributed by atoms with Gasteiger partial charge in [-0.05, 0) is 71.2 Å². The van der Waals surface area contributed by atoms with Crippen LogP contribution in [0.15, 0.2) is 60.7 Å². The molecule has 1 saturated carbocycles. The Kier molecular flexibility index (Phi) is 4.85. The molecule has 3 aromatic rings. The molecule has 31 heavy (non-hydrogen) atoms. The van der Waals surface area contributed by atoms with Gasteiger partial charge in [-0.2, -0.15) is 0 Å². The van der Waals surface area contributed by atoms with E-state index in [0.717, 1.165) is 46.6 Å². The summed E-state index contributed by atoms with van der Waals surface area (Å²) in [7, 11) is 0. The number of carbonyl (C=O) groups excluding carboxylic acids is 1. The predicted octanol–water partition coefficient (Wildman–Crippen LogP) is 6.36. The van der Waals surface area contributed by atoms with Gasteiger partial charge in [0.2, 0.25) is 6.79 Å². The molecule has 0 N–H and O–H groups in total. The first-order valence-corrected chi connectivity index (χ1v) is 11.1. The van der Waals surface area contributed by atoms with Gasteiger partial charge in [-0.15, -0.1) is 0 Å². The fourth-order valence-electron chi connectivity index (χ4n) is 4.49. The lowest BCUT2D eigenvalue weighted by Gasteiger charge is -2.17. The molecule has 1 aliphatic carbocycles. The molecule has 0 spiro atoms. The summed E-state index contributed by atoms with van der Waals surface area (Å²) in [6.07, 6.45) is 2.26. The number of hydrogen-bond acceptors (Lipinski definition) is 3. The minimum absolute atomic E-state index is 0.254. The number of carbonyl (C=O) groups is 1. The number of hydrogen-bond donors (Lipinski definition) is 0. The molecule has 0 saturated heterocycles. The molecule has 3 heteroatoms. The van der Waals surface area contributed by atoms with Gasteiger partial charge in [0.1, 0.15) is 5.78 Å². The molecular weight excluding hydrogens is 384 g/mol. The fraction of sp³-hybridized carbons (Fsp3) is 0.321. The van der Waals surface area contributed by atoms with Gasteiger partial charge in [0.15, 0.2) is 11.5 Å². The highest BCUT2D eigenvalue weighted by molar-refractivity contribution is 5.95. The third kappa shape index (κ3) is 3.63. The molecule has 2 aliphatic rings. The third-order valence-electron chi connectivity index (χ3n) is 6.82. The zero-order valence-corrected chi connectivity index (χ0v) is 18.4. The Morgan fingerprint density at radius 2 is 1.61 bits per heavy atom. The SMILES string of the molecule is Cc1ccc(-c2ccc(C(C)C)cc2)cc1CC(=O)C1(c2ccc3c(c2)OCO3)CC1. The number of fused-ring (bicyclic) bond motifs is 1. The van der Waals surface area contributed by atoms with E-state index in [4.69, 9.17) is 9.47 Å². The lowest BCUT2D eigenvalue weighted by molar-refractivity contribution is -0.120. The average molecular weight is 413 g/mol. The van der Waals surface area contributed by atoms with Crippen molar-refractivity contribution in [2.24, 2.45) is 0 Å². The number of Topliss-reactive ketones (excluding diaryl/α,β-unsaturated/α-hetero) is 1. The third-order valence-corrected chi connectivity index (χ3v) is 6.82. The number of ketones is 1. The van der Waals surface area contributed by atoms with Crippen molar-refractivity contribution in [3.05, 3.63) is 82.9 Å². The van der Waals surface area contributed by atoms with E-state index in [0.29, 0.717) is 18.1 Å². The molecule has 0 aromatic heterocycles. The molecule has 3 aromatic carbocycles. The van der Waals surface area contributed by atoms with Gasteiger partial charge in [-0.3, -0.25) is 4.79 Å². The van der Waals surface area contributed by atoms with Crippen molar-refractivity contribution in [2.75, 3.05) is 6.79 Å². The van der Waals surface area contributed by atoms with Crippen LogP contribution in [0.5, 0.6) is 11.5 Å². The van der Waals surface area contributed by atoms with Crippen molar-refractivity contribution in [1.29, 1.82) is 0 Å². The summed E-state index contributed by atoms with van der Waals surface area (Å²) in [5, 5.41) is 0. The van der Waals surface area contributed by atoms with Crippen molar-refractivity contribution in [3.8, 4) is 22.6 Å². The second-order valence-corrected chi connectivity index (χ2v) is 9.17. The van der Waals surface area contributed by atoms with Crippen molar-refractivity contribution >= 4 is 5.78 Å². The first kappa shape index (κ1) is 19.9. The molecule has 3 nitrogen and oxygen atoms in total. The summed E-state index contributed by atoms with van der Waals surface area (Å²) < 4.78 is 11.0. The summed E-state index contributed by atoms with van der Waals surface area (Å²) in [5.74, 6) is 2.33. The van der Waals surface area contributed by atoms with Crippen LogP contribution in [0.1, 0.15) is 54.9 Å². The first-order chi connectivity index (χ1) is 15.0. The summed E-state index contributed by atoms with van der Waals surface area (Å²) in [5.41, 5.74) is 6.65. The molecule has 1 heterocycles. The van der Waals surface area contributed by atoms with Crippen LogP contribution in [-0.4, -0.2) is 12.6 Å². The second-order valence-electron chi connectivity index (χ2n) is 9.17. The minimum Gasteiger partial charge on any atom is -0.454 e. The fourth-order valence-corrected chi connectivity index (χ4v) is 4.49. The Labute approximate surface area is 184 Å². The molecule has 158 valence electrons. The summed E-state index contributed by atoms with van der Waals surface area (Å²) in [4.78, 5) is 13.4. The van der Waals surface area contributed by atoms with E-state index in [9.17, 15) is 4.79 Å². The minimum atomic E-state index is -0.373. The van der Waals surface area contributed by atoms with Gasteiger partial charge in [0, 0.05) is 6.42 Å². The first-order valence-electron chi connectivity index (χ1n) is 11.1. The van der Waals surface area contributed by atoms with E-state index in [1.54, 1.807) is 0 Å². The smallest absolute Gasteiger partial charge is 0.231 e. The van der Waals surface area contributed by atoms with Crippen LogP contribution < -0.4 is 9.47 Å². The van der Waals surface area contributed by atoms with Crippen molar-refractivity contribution < 1.29 is 14.3 Å². The van der Waals surface area contributed by atoms with Gasteiger partial charge in [-0.25, -0.2) is 0 Å². The molecule has 5 rings (SSSR count). The summed E-state index contributed by atoms with van der Waals surface area (Å²) >= 11 is 0. The molecular formula is C28H28O3. The van der Waals surface area contributed by atoms with E-state index in [-0.39, 0.29) is 12.2 Å². The van der Waals surface area contributed by atoms with Crippen LogP contribution in [0, 0.1) is 6.92 Å². The molecule has 0 radical (unpaired) electrons. The molecule has 1 aliphatic heterocycles. The largest absolute Gasteiger partial charge is 0.454 e. The monoisotopic (exact) mass is 412 g/mol. The van der Waals surface area contributed by atoms with E-state index in [2.05, 4.69) is 63.2 Å². The normalized spacial score (nSPS) is 15.9. The maximum atomic E-state index is 13.4. The molecule has 0 amide bonds. The highest BCUT2D eigenvalue weighted by Crippen LogP contribution is 2.51. The van der Waals surface area contributed by atoms with Gasteiger partial charge < -0.3 is 9.47 Å². The lowest BCUT2D eigenvalue weighted by atomic mass is 9.86. The average Bonchev–Trinajstić information content (AvgIpc) is 3.46. The second kappa shape index (κ2) is 7.56. The van der Waals surface area contributed by atoms with Crippen molar-refractivity contribution in [2.45, 2.75) is 51.4 Å². The van der Waals surface area contributed by atoms with Crippen molar-refractivity contribution in [1.82, 2.24) is 0 Å². The van der Waals surface area contributed by atoms with E-state index >= 15 is 0 Å². The Morgan fingerprint density at radius 1 is 0.903 bits per heavy atom. The van der Waals surface area contributed by atoms with E-state index in [1.807, 2.05) is 18.2 Å². The van der Waals surface area contributed by atoms with Crippen molar-refractivity contribution in [3.63, 3.8) is 0 Å². The Balaban J connectivity index is 1.39. The van der Waals surface area contributed by atoms with Crippen LogP contribution in [0.3, 0.4) is 0 Å². The maximum absolute atomic E-state index is 13.4. The van der Waals surface area contributed by atoms with Crippen LogP contribution in [0.4, 0.5) is 0 Å². The van der Waals surface area contributed by atoms with Crippen LogP contribution in [-0.2, 0) is 16.6 Å². The number of benzene rings is 3. The zero-order valence-electron chi connectivity index (χ0n) is 18.4. The lowest BCUT2D eigenvalue weighted by Crippen LogP contribution is -2.22. The summed E-state index contributed by atoms with van der Waals surface area (Å²) in [6.45, 7) is 6.76. The quantitative estimate of drug-likeness (QED) is 0.473.